The number of rotatable bonds is 2. The van der Waals surface area contributed by atoms with Crippen molar-refractivity contribution in [3.8, 4) is 0 Å². The first kappa shape index (κ1) is 11.1. The highest BCUT2D eigenvalue weighted by Crippen LogP contribution is 2.41. The molecule has 17 heavy (non-hydrogen) atoms. The predicted octanol–water partition coefficient (Wildman–Crippen LogP) is 2.46. The van der Waals surface area contributed by atoms with Crippen LogP contribution in [0.25, 0.3) is 0 Å². The van der Waals surface area contributed by atoms with Crippen molar-refractivity contribution in [2.75, 3.05) is 6.54 Å². The molecule has 90 valence electrons. The van der Waals surface area contributed by atoms with Gasteiger partial charge in [0.15, 0.2) is 5.96 Å². The third kappa shape index (κ3) is 1.75. The predicted molar refractivity (Wildman–Crippen MR) is 72.8 cm³/mol. The largest absolute Gasteiger partial charge is 0.370 e. The van der Waals surface area contributed by atoms with E-state index in [4.69, 9.17) is 5.73 Å². The fraction of sp³-hybridized carbons (Fsp3) is 0.462. The Labute approximate surface area is 110 Å². The SMILES string of the molecule is CC1(c2ccc(Br)cc2)CN=C(N)N1C1CC1. The van der Waals surface area contributed by atoms with E-state index in [1.54, 1.807) is 0 Å². The molecule has 0 aromatic heterocycles. The molecule has 1 fully saturated rings. The smallest absolute Gasteiger partial charge is 0.192 e. The maximum atomic E-state index is 6.03. The Bertz CT molecular complexity index is 464. The van der Waals surface area contributed by atoms with Crippen molar-refractivity contribution in [2.45, 2.75) is 31.3 Å². The number of aliphatic imine (C=N–C) groups is 1. The summed E-state index contributed by atoms with van der Waals surface area (Å²) >= 11 is 3.47. The molecule has 1 aromatic rings. The molecule has 1 atom stereocenters. The zero-order valence-electron chi connectivity index (χ0n) is 9.86. The van der Waals surface area contributed by atoms with Crippen molar-refractivity contribution in [3.63, 3.8) is 0 Å². The van der Waals surface area contributed by atoms with Gasteiger partial charge in [-0.2, -0.15) is 0 Å². The van der Waals surface area contributed by atoms with Crippen LogP contribution in [-0.2, 0) is 5.54 Å². The minimum absolute atomic E-state index is 0.0635. The third-order valence-electron chi connectivity index (χ3n) is 3.71. The minimum Gasteiger partial charge on any atom is -0.370 e. The number of hydrogen-bond donors (Lipinski definition) is 1. The summed E-state index contributed by atoms with van der Waals surface area (Å²) < 4.78 is 1.11. The van der Waals surface area contributed by atoms with E-state index >= 15 is 0 Å². The average Bonchev–Trinajstić information content (AvgIpc) is 3.08. The molecule has 1 aliphatic carbocycles. The van der Waals surface area contributed by atoms with Crippen LogP contribution in [0.5, 0.6) is 0 Å². The lowest BCUT2D eigenvalue weighted by Gasteiger charge is -2.37. The Hall–Kier alpha value is -1.03. The van der Waals surface area contributed by atoms with Crippen molar-refractivity contribution in [3.05, 3.63) is 34.3 Å². The Morgan fingerprint density at radius 2 is 2.00 bits per heavy atom. The Kier molecular flexibility index (Phi) is 2.43. The monoisotopic (exact) mass is 293 g/mol. The number of guanidine groups is 1. The second kappa shape index (κ2) is 3.73. The zero-order chi connectivity index (χ0) is 12.0. The first-order chi connectivity index (χ1) is 8.11. The third-order valence-corrected chi connectivity index (χ3v) is 4.23. The highest BCUT2D eigenvalue weighted by Gasteiger charge is 2.46. The zero-order valence-corrected chi connectivity index (χ0v) is 11.4. The maximum Gasteiger partial charge on any atom is 0.192 e. The van der Waals surface area contributed by atoms with E-state index in [-0.39, 0.29) is 5.54 Å². The number of halogens is 1. The van der Waals surface area contributed by atoms with E-state index in [9.17, 15) is 0 Å². The minimum atomic E-state index is -0.0635. The van der Waals surface area contributed by atoms with Crippen molar-refractivity contribution in [1.29, 1.82) is 0 Å². The quantitative estimate of drug-likeness (QED) is 0.910. The summed E-state index contributed by atoms with van der Waals surface area (Å²) in [6.45, 7) is 2.99. The Balaban J connectivity index is 1.97. The van der Waals surface area contributed by atoms with Crippen LogP contribution in [0, 0.1) is 0 Å². The van der Waals surface area contributed by atoms with Crippen molar-refractivity contribution in [2.24, 2.45) is 10.7 Å². The second-order valence-corrected chi connectivity index (χ2v) is 5.97. The molecule has 1 aromatic carbocycles. The van der Waals surface area contributed by atoms with Crippen molar-refractivity contribution in [1.82, 2.24) is 4.90 Å². The van der Waals surface area contributed by atoms with Crippen LogP contribution < -0.4 is 5.73 Å². The van der Waals surface area contributed by atoms with Gasteiger partial charge in [0.25, 0.3) is 0 Å². The summed E-state index contributed by atoms with van der Waals surface area (Å²) in [4.78, 5) is 6.74. The van der Waals surface area contributed by atoms with Crippen LogP contribution in [0.2, 0.25) is 0 Å². The Morgan fingerprint density at radius 3 is 2.59 bits per heavy atom. The highest BCUT2D eigenvalue weighted by molar-refractivity contribution is 9.10. The second-order valence-electron chi connectivity index (χ2n) is 5.06. The lowest BCUT2D eigenvalue weighted by Crippen LogP contribution is -2.48. The van der Waals surface area contributed by atoms with Crippen LogP contribution in [0.3, 0.4) is 0 Å². The summed E-state index contributed by atoms with van der Waals surface area (Å²) in [5.74, 6) is 0.706. The van der Waals surface area contributed by atoms with Crippen LogP contribution in [0.4, 0.5) is 0 Å². The molecule has 4 heteroatoms. The number of benzene rings is 1. The molecule has 2 N–H and O–H groups in total. The van der Waals surface area contributed by atoms with Crippen LogP contribution in [0.1, 0.15) is 25.3 Å². The lowest BCUT2D eigenvalue weighted by atomic mass is 9.91. The fourth-order valence-electron chi connectivity index (χ4n) is 2.60. The number of hydrogen-bond acceptors (Lipinski definition) is 3. The molecule has 3 nitrogen and oxygen atoms in total. The highest BCUT2D eigenvalue weighted by atomic mass is 79.9. The van der Waals surface area contributed by atoms with Gasteiger partial charge < -0.3 is 10.6 Å². The van der Waals surface area contributed by atoms with E-state index in [1.807, 2.05) is 0 Å². The first-order valence-corrected chi connectivity index (χ1v) is 6.76. The topological polar surface area (TPSA) is 41.6 Å². The summed E-state index contributed by atoms with van der Waals surface area (Å²) in [5.41, 5.74) is 7.25. The van der Waals surface area contributed by atoms with Crippen LogP contribution >= 0.6 is 15.9 Å². The van der Waals surface area contributed by atoms with Crippen molar-refractivity contribution >= 4 is 21.9 Å². The molecule has 0 amide bonds. The van der Waals surface area contributed by atoms with Gasteiger partial charge >= 0.3 is 0 Å². The van der Waals surface area contributed by atoms with Crippen LogP contribution in [-0.4, -0.2) is 23.4 Å². The summed E-state index contributed by atoms with van der Waals surface area (Å²) in [7, 11) is 0. The van der Waals surface area contributed by atoms with Gasteiger partial charge in [-0.25, -0.2) is 0 Å². The fourth-order valence-corrected chi connectivity index (χ4v) is 2.87. The number of nitrogens with two attached hydrogens (primary N) is 1. The summed E-state index contributed by atoms with van der Waals surface area (Å²) in [6, 6.07) is 9.08. The molecule has 1 unspecified atom stereocenters. The van der Waals surface area contributed by atoms with Gasteiger partial charge in [0, 0.05) is 10.5 Å². The molecule has 0 bridgehead atoms. The Morgan fingerprint density at radius 1 is 1.35 bits per heavy atom. The van der Waals surface area contributed by atoms with E-state index < -0.39 is 0 Å². The van der Waals surface area contributed by atoms with Gasteiger partial charge in [0.05, 0.1) is 12.1 Å². The van der Waals surface area contributed by atoms with Gasteiger partial charge in [-0.1, -0.05) is 28.1 Å². The van der Waals surface area contributed by atoms with E-state index in [0.717, 1.165) is 11.0 Å². The normalized spacial score (nSPS) is 28.4. The molecule has 1 saturated carbocycles. The van der Waals surface area contributed by atoms with Gasteiger partial charge in [-0.15, -0.1) is 0 Å². The summed E-state index contributed by atoms with van der Waals surface area (Å²) in [6.07, 6.45) is 2.48. The molecule has 0 saturated heterocycles. The molecule has 2 aliphatic rings. The van der Waals surface area contributed by atoms with Gasteiger partial charge in [-0.3, -0.25) is 4.99 Å². The molecule has 0 spiro atoms. The van der Waals surface area contributed by atoms with Gasteiger partial charge in [0.2, 0.25) is 0 Å². The number of nitrogens with zero attached hydrogens (tertiary/aromatic N) is 2. The van der Waals surface area contributed by atoms with Gasteiger partial charge in [0.1, 0.15) is 0 Å². The molecule has 0 radical (unpaired) electrons. The molecular formula is C13H16BrN3. The average molecular weight is 294 g/mol. The van der Waals surface area contributed by atoms with Crippen LogP contribution in [0.15, 0.2) is 33.7 Å². The molecule has 1 heterocycles. The molecule has 1 aliphatic heterocycles. The van der Waals surface area contributed by atoms with E-state index in [1.165, 1.54) is 18.4 Å². The first-order valence-electron chi connectivity index (χ1n) is 5.96. The van der Waals surface area contributed by atoms with E-state index in [0.29, 0.717) is 12.0 Å². The molecule has 3 rings (SSSR count). The standard InChI is InChI=1S/C13H16BrN3/c1-13(9-2-4-10(14)5-3-9)8-16-12(15)17(13)11-6-7-11/h2-5,11H,6-8H2,1H3,(H2,15,16). The lowest BCUT2D eigenvalue weighted by molar-refractivity contribution is 0.216. The van der Waals surface area contributed by atoms with E-state index in [2.05, 4.69) is 57.0 Å². The maximum absolute atomic E-state index is 6.03. The van der Waals surface area contributed by atoms with Crippen molar-refractivity contribution < 1.29 is 0 Å². The summed E-state index contributed by atoms with van der Waals surface area (Å²) in [5, 5.41) is 0. The molecular weight excluding hydrogens is 278 g/mol. The van der Waals surface area contributed by atoms with Gasteiger partial charge in [-0.05, 0) is 37.5 Å².